The summed E-state index contributed by atoms with van der Waals surface area (Å²) in [6, 6.07) is 3.76. The second kappa shape index (κ2) is 4.33. The number of methoxy groups -OCH3 is 1. The van der Waals surface area contributed by atoms with E-state index in [0.29, 0.717) is 5.88 Å². The largest absolute Gasteiger partial charge is 0.481 e. The highest BCUT2D eigenvalue weighted by molar-refractivity contribution is 8.14. The molecule has 1 aliphatic rings. The molecule has 16 heavy (non-hydrogen) atoms. The number of thioether (sulfide) groups is 1. The smallest absolute Gasteiger partial charge is 0.213 e. The van der Waals surface area contributed by atoms with Crippen LogP contribution in [0.5, 0.6) is 5.88 Å². The first-order valence-electron chi connectivity index (χ1n) is 5.09. The first-order chi connectivity index (χ1) is 7.59. The number of aliphatic imine (C=N–C) groups is 1. The van der Waals surface area contributed by atoms with Crippen LogP contribution in [0.25, 0.3) is 0 Å². The third kappa shape index (κ3) is 2.66. The summed E-state index contributed by atoms with van der Waals surface area (Å²) in [6.07, 6.45) is 1.74. The fraction of sp³-hybridized carbons (Fsp3) is 0.455. The van der Waals surface area contributed by atoms with Crippen LogP contribution >= 0.6 is 11.8 Å². The Morgan fingerprint density at radius 1 is 1.44 bits per heavy atom. The van der Waals surface area contributed by atoms with Crippen molar-refractivity contribution in [3.8, 4) is 5.88 Å². The molecule has 0 aliphatic carbocycles. The molecular formula is C11H15N3OS. The van der Waals surface area contributed by atoms with Crippen molar-refractivity contribution in [2.75, 3.05) is 18.2 Å². The monoisotopic (exact) mass is 237 g/mol. The molecule has 0 saturated carbocycles. The Kier molecular flexibility index (Phi) is 3.05. The van der Waals surface area contributed by atoms with Crippen LogP contribution in [0.1, 0.15) is 13.8 Å². The number of nitrogens with zero attached hydrogens (tertiary/aromatic N) is 2. The molecule has 1 aliphatic heterocycles. The van der Waals surface area contributed by atoms with Crippen LogP contribution in [0.3, 0.4) is 0 Å². The molecule has 0 saturated heterocycles. The molecule has 5 heteroatoms. The van der Waals surface area contributed by atoms with Crippen molar-refractivity contribution in [1.29, 1.82) is 0 Å². The number of aromatic nitrogens is 1. The lowest BCUT2D eigenvalue weighted by atomic mass is 10.1. The number of anilines is 1. The Morgan fingerprint density at radius 2 is 2.25 bits per heavy atom. The van der Waals surface area contributed by atoms with Crippen molar-refractivity contribution in [3.05, 3.63) is 18.3 Å². The summed E-state index contributed by atoms with van der Waals surface area (Å²) in [5.74, 6) is 1.63. The van der Waals surface area contributed by atoms with E-state index in [1.807, 2.05) is 12.1 Å². The molecule has 1 aromatic rings. The molecule has 86 valence electrons. The van der Waals surface area contributed by atoms with Crippen molar-refractivity contribution in [2.45, 2.75) is 19.4 Å². The fourth-order valence-electron chi connectivity index (χ4n) is 1.35. The van der Waals surface area contributed by atoms with E-state index < -0.39 is 0 Å². The van der Waals surface area contributed by atoms with Crippen LogP contribution in [-0.4, -0.2) is 28.6 Å². The average Bonchev–Trinajstić information content (AvgIpc) is 2.59. The molecule has 0 fully saturated rings. The zero-order valence-electron chi connectivity index (χ0n) is 9.65. The minimum absolute atomic E-state index is 0.0346. The van der Waals surface area contributed by atoms with Gasteiger partial charge in [0.1, 0.15) is 0 Å². The number of hydrogen-bond donors (Lipinski definition) is 1. The molecule has 4 nitrogen and oxygen atoms in total. The van der Waals surface area contributed by atoms with Gasteiger partial charge in [-0.3, -0.25) is 4.99 Å². The fourth-order valence-corrected chi connectivity index (χ4v) is 2.40. The van der Waals surface area contributed by atoms with Gasteiger partial charge in [0.15, 0.2) is 5.17 Å². The maximum Gasteiger partial charge on any atom is 0.213 e. The van der Waals surface area contributed by atoms with Gasteiger partial charge in [-0.15, -0.1) is 0 Å². The lowest BCUT2D eigenvalue weighted by molar-refractivity contribution is 0.398. The van der Waals surface area contributed by atoms with E-state index in [9.17, 15) is 0 Å². The Balaban J connectivity index is 2.04. The van der Waals surface area contributed by atoms with Gasteiger partial charge >= 0.3 is 0 Å². The van der Waals surface area contributed by atoms with Crippen LogP contribution in [-0.2, 0) is 0 Å². The highest BCUT2D eigenvalue weighted by Crippen LogP contribution is 2.27. The first kappa shape index (κ1) is 11.3. The van der Waals surface area contributed by atoms with E-state index in [0.717, 1.165) is 16.6 Å². The van der Waals surface area contributed by atoms with Crippen LogP contribution in [0, 0.1) is 0 Å². The molecule has 0 bridgehead atoms. The molecule has 0 unspecified atom stereocenters. The van der Waals surface area contributed by atoms with Crippen LogP contribution in [0.15, 0.2) is 23.3 Å². The van der Waals surface area contributed by atoms with Gasteiger partial charge in [-0.05, 0) is 19.9 Å². The third-order valence-corrected chi connectivity index (χ3v) is 3.48. The van der Waals surface area contributed by atoms with Crippen molar-refractivity contribution < 1.29 is 4.74 Å². The van der Waals surface area contributed by atoms with Crippen LogP contribution in [0.4, 0.5) is 5.69 Å². The molecular weight excluding hydrogens is 222 g/mol. The van der Waals surface area contributed by atoms with E-state index in [1.54, 1.807) is 25.1 Å². The van der Waals surface area contributed by atoms with Gasteiger partial charge < -0.3 is 10.1 Å². The van der Waals surface area contributed by atoms with Crippen molar-refractivity contribution in [3.63, 3.8) is 0 Å². The minimum Gasteiger partial charge on any atom is -0.481 e. The summed E-state index contributed by atoms with van der Waals surface area (Å²) < 4.78 is 5.00. The lowest BCUT2D eigenvalue weighted by Gasteiger charge is -2.09. The average molecular weight is 237 g/mol. The van der Waals surface area contributed by atoms with Crippen molar-refractivity contribution in [1.82, 2.24) is 4.98 Å². The van der Waals surface area contributed by atoms with Crippen molar-refractivity contribution >= 4 is 22.6 Å². The minimum atomic E-state index is 0.0346. The Morgan fingerprint density at radius 3 is 2.75 bits per heavy atom. The normalized spacial score (nSPS) is 18.1. The molecule has 0 radical (unpaired) electrons. The molecule has 0 amide bonds. The maximum absolute atomic E-state index is 5.00. The van der Waals surface area contributed by atoms with Gasteiger partial charge in [0.25, 0.3) is 0 Å². The van der Waals surface area contributed by atoms with Gasteiger partial charge in [0.05, 0.1) is 24.5 Å². The molecule has 1 aromatic heterocycles. The number of nitrogens with one attached hydrogen (secondary N) is 1. The topological polar surface area (TPSA) is 46.5 Å². The van der Waals surface area contributed by atoms with E-state index >= 15 is 0 Å². The van der Waals surface area contributed by atoms with Gasteiger partial charge in [-0.1, -0.05) is 11.8 Å². The Labute approximate surface area is 99.5 Å². The molecule has 0 atom stereocenters. The molecule has 0 aromatic carbocycles. The molecule has 1 N–H and O–H groups in total. The Hall–Kier alpha value is -1.23. The lowest BCUT2D eigenvalue weighted by Crippen LogP contribution is -2.15. The van der Waals surface area contributed by atoms with Crippen LogP contribution in [0.2, 0.25) is 0 Å². The summed E-state index contributed by atoms with van der Waals surface area (Å²) >= 11 is 1.73. The summed E-state index contributed by atoms with van der Waals surface area (Å²) in [7, 11) is 1.61. The Bertz CT molecular complexity index is 400. The highest BCUT2D eigenvalue weighted by Gasteiger charge is 2.25. The molecule has 2 heterocycles. The predicted molar refractivity (Wildman–Crippen MR) is 68.4 cm³/mol. The predicted octanol–water partition coefficient (Wildman–Crippen LogP) is 2.38. The SMILES string of the molecule is COc1ccc(NC2=NC(C)(C)CS2)cn1. The second-order valence-electron chi connectivity index (χ2n) is 4.23. The van der Waals surface area contributed by atoms with Gasteiger partial charge in [-0.2, -0.15) is 0 Å². The van der Waals surface area contributed by atoms with E-state index in [-0.39, 0.29) is 5.54 Å². The van der Waals surface area contributed by atoms with E-state index in [1.165, 1.54) is 0 Å². The number of rotatable bonds is 2. The zero-order valence-corrected chi connectivity index (χ0v) is 10.5. The number of pyridine rings is 1. The third-order valence-electron chi connectivity index (χ3n) is 2.16. The van der Waals surface area contributed by atoms with Crippen LogP contribution < -0.4 is 10.1 Å². The number of hydrogen-bond acceptors (Lipinski definition) is 5. The van der Waals surface area contributed by atoms with Gasteiger partial charge in [0.2, 0.25) is 5.88 Å². The van der Waals surface area contributed by atoms with Gasteiger partial charge in [-0.25, -0.2) is 4.98 Å². The first-order valence-corrected chi connectivity index (χ1v) is 6.07. The van der Waals surface area contributed by atoms with Gasteiger partial charge in [0, 0.05) is 11.8 Å². The quantitative estimate of drug-likeness (QED) is 0.858. The standard InChI is InChI=1S/C11H15N3OS/c1-11(2)7-16-10(14-11)13-8-4-5-9(15-3)12-6-8/h4-6H,7H2,1-3H3,(H,13,14). The number of amidine groups is 1. The summed E-state index contributed by atoms with van der Waals surface area (Å²) in [4.78, 5) is 8.69. The maximum atomic E-state index is 5.00. The highest BCUT2D eigenvalue weighted by atomic mass is 32.2. The summed E-state index contributed by atoms with van der Waals surface area (Å²) in [6.45, 7) is 4.25. The number of ether oxygens (including phenoxy) is 1. The van der Waals surface area contributed by atoms with E-state index in [2.05, 4.69) is 29.1 Å². The van der Waals surface area contributed by atoms with E-state index in [4.69, 9.17) is 4.74 Å². The molecule has 0 spiro atoms. The van der Waals surface area contributed by atoms with Crippen molar-refractivity contribution in [2.24, 2.45) is 4.99 Å². The zero-order chi connectivity index (χ0) is 11.6. The second-order valence-corrected chi connectivity index (χ2v) is 5.20. The molecule has 2 rings (SSSR count). The summed E-state index contributed by atoms with van der Waals surface area (Å²) in [5, 5.41) is 4.20. The summed E-state index contributed by atoms with van der Waals surface area (Å²) in [5.41, 5.74) is 0.970.